The highest BCUT2D eigenvalue weighted by Crippen LogP contribution is 2.28. The van der Waals surface area contributed by atoms with E-state index in [0.29, 0.717) is 18.9 Å². The molecule has 1 heterocycles. The van der Waals surface area contributed by atoms with Crippen molar-refractivity contribution in [3.05, 3.63) is 18.0 Å². The zero-order chi connectivity index (χ0) is 13.7. The monoisotopic (exact) mass is 264 g/mol. The molecule has 1 fully saturated rings. The summed E-state index contributed by atoms with van der Waals surface area (Å²) in [7, 11) is 0. The smallest absolute Gasteiger partial charge is 0.360 e. The first-order valence-corrected chi connectivity index (χ1v) is 5.67. The number of hydrogen-bond acceptors (Lipinski definition) is 6. The lowest BCUT2D eigenvalue weighted by molar-refractivity contribution is -0.129. The van der Waals surface area contributed by atoms with Crippen molar-refractivity contribution in [2.75, 3.05) is 11.9 Å². The molecule has 0 bridgehead atoms. The van der Waals surface area contributed by atoms with Gasteiger partial charge in [0.05, 0.1) is 0 Å². The molecule has 0 spiro atoms. The van der Waals surface area contributed by atoms with Crippen LogP contribution in [-0.4, -0.2) is 39.8 Å². The largest absolute Gasteiger partial charge is 0.476 e. The van der Waals surface area contributed by atoms with E-state index in [4.69, 9.17) is 9.94 Å². The fraction of sp³-hybridized carbons (Fsp3) is 0.364. The van der Waals surface area contributed by atoms with Gasteiger partial charge in [0.2, 0.25) is 18.1 Å². The maximum atomic E-state index is 11.1. The fourth-order valence-electron chi connectivity index (χ4n) is 1.30. The van der Waals surface area contributed by atoms with Crippen LogP contribution in [0.3, 0.4) is 0 Å². The first-order valence-electron chi connectivity index (χ1n) is 5.67. The van der Waals surface area contributed by atoms with Gasteiger partial charge in [-0.3, -0.25) is 10.1 Å². The first-order chi connectivity index (χ1) is 9.20. The highest BCUT2D eigenvalue weighted by Gasteiger charge is 2.23. The number of nitrogens with one attached hydrogen (secondary N) is 1. The van der Waals surface area contributed by atoms with Gasteiger partial charge in [-0.1, -0.05) is 5.16 Å². The Bertz CT molecular complexity index is 513. The molecular weight excluding hydrogens is 252 g/mol. The number of aromatic nitrogens is 2. The van der Waals surface area contributed by atoms with Gasteiger partial charge >= 0.3 is 5.97 Å². The molecule has 1 aliphatic carbocycles. The number of anilines is 1. The summed E-state index contributed by atoms with van der Waals surface area (Å²) in [5.41, 5.74) is -0.250. The van der Waals surface area contributed by atoms with Gasteiger partial charge in [-0.15, -0.1) is 0 Å². The topological polar surface area (TPSA) is 114 Å². The maximum Gasteiger partial charge on any atom is 0.360 e. The van der Waals surface area contributed by atoms with Gasteiger partial charge < -0.3 is 9.94 Å². The molecule has 0 radical (unpaired) electrons. The molecule has 1 saturated carbocycles. The lowest BCUT2D eigenvalue weighted by atomic mass is 10.2. The number of carboxylic acids is 1. The number of nitrogens with zero attached hydrogens (tertiary/aromatic N) is 3. The molecule has 100 valence electrons. The third-order valence-electron chi connectivity index (χ3n) is 2.45. The lowest BCUT2D eigenvalue weighted by Crippen LogP contribution is -2.18. The molecule has 0 atom stereocenters. The molecular formula is C11H12N4O4. The van der Waals surface area contributed by atoms with Crippen molar-refractivity contribution in [3.8, 4) is 0 Å². The Morgan fingerprint density at radius 3 is 3.05 bits per heavy atom. The van der Waals surface area contributed by atoms with E-state index >= 15 is 0 Å². The minimum Gasteiger partial charge on any atom is -0.476 e. The molecule has 8 heteroatoms. The SMILES string of the molecule is O=CNc1nccc(C(=NOCC2CC2)C(=O)O)n1. The van der Waals surface area contributed by atoms with Crippen LogP contribution >= 0.6 is 0 Å². The third-order valence-corrected chi connectivity index (χ3v) is 2.45. The molecule has 0 unspecified atom stereocenters. The standard InChI is InChI=1S/C11H12N4O4/c16-6-13-11-12-4-3-8(14-11)9(10(17)18)15-19-5-7-1-2-7/h3-4,6-7H,1-2,5H2,(H,17,18)(H,12,13,14,16). The molecule has 1 amide bonds. The van der Waals surface area contributed by atoms with Crippen LogP contribution in [0.5, 0.6) is 0 Å². The summed E-state index contributed by atoms with van der Waals surface area (Å²) >= 11 is 0. The maximum absolute atomic E-state index is 11.1. The van der Waals surface area contributed by atoms with Crippen molar-refractivity contribution in [1.29, 1.82) is 0 Å². The molecule has 1 aromatic rings. The zero-order valence-corrected chi connectivity index (χ0v) is 9.94. The minimum absolute atomic E-state index is 0.00337. The Kier molecular flexibility index (Phi) is 4.01. The van der Waals surface area contributed by atoms with E-state index in [0.717, 1.165) is 12.8 Å². The average molecular weight is 264 g/mol. The van der Waals surface area contributed by atoms with Gasteiger partial charge in [0, 0.05) is 6.20 Å². The molecule has 1 aromatic heterocycles. The van der Waals surface area contributed by atoms with Crippen molar-refractivity contribution < 1.29 is 19.5 Å². The quantitative estimate of drug-likeness (QED) is 0.415. The van der Waals surface area contributed by atoms with Gasteiger partial charge in [-0.05, 0) is 24.8 Å². The van der Waals surface area contributed by atoms with E-state index < -0.39 is 5.97 Å². The lowest BCUT2D eigenvalue weighted by Gasteiger charge is -2.03. The van der Waals surface area contributed by atoms with E-state index in [1.165, 1.54) is 12.3 Å². The molecule has 2 rings (SSSR count). The van der Waals surface area contributed by atoms with Crippen molar-refractivity contribution in [2.24, 2.45) is 11.1 Å². The van der Waals surface area contributed by atoms with E-state index in [2.05, 4.69) is 20.4 Å². The van der Waals surface area contributed by atoms with Crippen LogP contribution in [-0.2, 0) is 14.4 Å². The summed E-state index contributed by atoms with van der Waals surface area (Å²) in [5.74, 6) is -0.785. The third kappa shape index (κ3) is 3.73. The Hall–Kier alpha value is -2.51. The van der Waals surface area contributed by atoms with Crippen LogP contribution in [0.1, 0.15) is 18.5 Å². The van der Waals surface area contributed by atoms with Crippen molar-refractivity contribution in [3.63, 3.8) is 0 Å². The van der Waals surface area contributed by atoms with Crippen LogP contribution in [0.25, 0.3) is 0 Å². The summed E-state index contributed by atoms with van der Waals surface area (Å²) in [4.78, 5) is 34.0. The van der Waals surface area contributed by atoms with Gasteiger partial charge in [0.15, 0.2) is 0 Å². The Morgan fingerprint density at radius 2 is 2.42 bits per heavy atom. The van der Waals surface area contributed by atoms with Crippen molar-refractivity contribution >= 4 is 24.0 Å². The van der Waals surface area contributed by atoms with Gasteiger partial charge in [0.25, 0.3) is 0 Å². The number of hydrogen-bond donors (Lipinski definition) is 2. The molecule has 1 aliphatic rings. The van der Waals surface area contributed by atoms with E-state index in [1.807, 2.05) is 0 Å². The predicted octanol–water partition coefficient (Wildman–Crippen LogP) is 0.260. The summed E-state index contributed by atoms with van der Waals surface area (Å²) in [6.45, 7) is 0.404. The first kappa shape index (κ1) is 12.9. The number of carbonyl (C=O) groups excluding carboxylic acids is 1. The number of amides is 1. The molecule has 0 aromatic carbocycles. The average Bonchev–Trinajstić information content (AvgIpc) is 3.19. The van der Waals surface area contributed by atoms with Crippen LogP contribution in [0, 0.1) is 5.92 Å². The predicted molar refractivity (Wildman–Crippen MR) is 64.6 cm³/mol. The number of aliphatic carboxylic acids is 1. The minimum atomic E-state index is -1.26. The molecule has 0 saturated heterocycles. The number of rotatable bonds is 7. The second-order valence-corrected chi connectivity index (χ2v) is 4.01. The van der Waals surface area contributed by atoms with Crippen LogP contribution in [0.2, 0.25) is 0 Å². The Morgan fingerprint density at radius 1 is 1.63 bits per heavy atom. The normalized spacial score (nSPS) is 14.8. The number of carboxylic acid groups (broad SMARTS) is 1. The summed E-state index contributed by atoms with van der Waals surface area (Å²) in [6, 6.07) is 1.38. The highest BCUT2D eigenvalue weighted by atomic mass is 16.6. The van der Waals surface area contributed by atoms with Gasteiger partial charge in [-0.2, -0.15) is 0 Å². The van der Waals surface area contributed by atoms with E-state index in [-0.39, 0.29) is 17.4 Å². The Balaban J connectivity index is 2.14. The van der Waals surface area contributed by atoms with Gasteiger partial charge in [-0.25, -0.2) is 14.8 Å². The molecule has 2 N–H and O–H groups in total. The molecule has 8 nitrogen and oxygen atoms in total. The second kappa shape index (κ2) is 5.89. The van der Waals surface area contributed by atoms with E-state index in [9.17, 15) is 9.59 Å². The van der Waals surface area contributed by atoms with Crippen molar-refractivity contribution in [1.82, 2.24) is 9.97 Å². The van der Waals surface area contributed by atoms with Crippen LogP contribution < -0.4 is 5.32 Å². The summed E-state index contributed by atoms with van der Waals surface area (Å²) in [5, 5.41) is 14.9. The molecule has 0 aliphatic heterocycles. The second-order valence-electron chi connectivity index (χ2n) is 4.01. The van der Waals surface area contributed by atoms with Crippen LogP contribution in [0.15, 0.2) is 17.4 Å². The van der Waals surface area contributed by atoms with E-state index in [1.54, 1.807) is 0 Å². The number of oxime groups is 1. The fourth-order valence-corrected chi connectivity index (χ4v) is 1.30. The molecule has 19 heavy (non-hydrogen) atoms. The Labute approximate surface area is 108 Å². The zero-order valence-electron chi connectivity index (χ0n) is 9.94. The van der Waals surface area contributed by atoms with Crippen LogP contribution in [0.4, 0.5) is 5.95 Å². The van der Waals surface area contributed by atoms with Gasteiger partial charge in [0.1, 0.15) is 12.3 Å². The van der Waals surface area contributed by atoms with Crippen molar-refractivity contribution in [2.45, 2.75) is 12.8 Å². The summed E-state index contributed by atoms with van der Waals surface area (Å²) in [6.07, 6.45) is 3.89. The number of carbonyl (C=O) groups is 2. The highest BCUT2D eigenvalue weighted by molar-refractivity contribution is 6.41. The summed E-state index contributed by atoms with van der Waals surface area (Å²) < 4.78 is 0.